The zero-order valence-electron chi connectivity index (χ0n) is 16.7. The molecule has 2 aromatic carbocycles. The largest absolute Gasteiger partial charge is 0.454 e. The maximum Gasteiger partial charge on any atom is 0.296 e. The second kappa shape index (κ2) is 7.44. The molecule has 1 amide bonds. The van der Waals surface area contributed by atoms with Crippen LogP contribution >= 0.6 is 24.0 Å². The van der Waals surface area contributed by atoms with E-state index in [1.807, 2.05) is 42.5 Å². The van der Waals surface area contributed by atoms with Gasteiger partial charge in [-0.05, 0) is 42.8 Å². The van der Waals surface area contributed by atoms with Gasteiger partial charge in [0.05, 0.1) is 16.3 Å². The number of nitrogens with zero attached hydrogens (tertiary/aromatic N) is 3. The molecule has 1 saturated heterocycles. The van der Waals surface area contributed by atoms with Crippen LogP contribution < -0.4 is 19.9 Å². The lowest BCUT2D eigenvalue weighted by Crippen LogP contribution is -2.33. The quantitative estimate of drug-likeness (QED) is 0.448. The molecule has 0 atom stereocenters. The van der Waals surface area contributed by atoms with Crippen LogP contribution in [0.25, 0.3) is 11.8 Å². The van der Waals surface area contributed by atoms with Gasteiger partial charge in [-0.25, -0.2) is 4.68 Å². The molecule has 1 fully saturated rings. The van der Waals surface area contributed by atoms with Gasteiger partial charge >= 0.3 is 0 Å². The minimum absolute atomic E-state index is 0.182. The van der Waals surface area contributed by atoms with Gasteiger partial charge in [-0.2, -0.15) is 0 Å². The summed E-state index contributed by atoms with van der Waals surface area (Å²) in [5, 5.41) is 0. The third kappa shape index (κ3) is 3.17. The molecular formula is C22H17N3O4S2. The van der Waals surface area contributed by atoms with Gasteiger partial charge in [0, 0.05) is 7.05 Å². The van der Waals surface area contributed by atoms with E-state index in [0.717, 1.165) is 5.56 Å². The van der Waals surface area contributed by atoms with Gasteiger partial charge in [0.25, 0.3) is 11.5 Å². The molecule has 0 bridgehead atoms. The normalized spacial score (nSPS) is 16.6. The third-order valence-electron chi connectivity index (χ3n) is 5.24. The predicted molar refractivity (Wildman–Crippen MR) is 124 cm³/mol. The Labute approximate surface area is 187 Å². The first-order valence-corrected chi connectivity index (χ1v) is 10.7. The highest BCUT2D eigenvalue weighted by Gasteiger charge is 2.37. The highest BCUT2D eigenvalue weighted by atomic mass is 32.2. The van der Waals surface area contributed by atoms with E-state index in [1.54, 1.807) is 30.8 Å². The van der Waals surface area contributed by atoms with Gasteiger partial charge in [-0.1, -0.05) is 48.2 Å². The van der Waals surface area contributed by atoms with Crippen molar-refractivity contribution in [3.8, 4) is 17.2 Å². The number of ether oxygens (including phenoxy) is 2. The van der Waals surface area contributed by atoms with E-state index < -0.39 is 0 Å². The summed E-state index contributed by atoms with van der Waals surface area (Å²) in [5.41, 5.74) is 2.12. The monoisotopic (exact) mass is 451 g/mol. The van der Waals surface area contributed by atoms with Crippen molar-refractivity contribution in [2.24, 2.45) is 7.05 Å². The molecule has 156 valence electrons. The van der Waals surface area contributed by atoms with Crippen molar-refractivity contribution in [2.75, 3.05) is 11.7 Å². The molecule has 3 heterocycles. The molecule has 0 aliphatic carbocycles. The molecule has 1 aromatic heterocycles. The summed E-state index contributed by atoms with van der Waals surface area (Å²) in [6.45, 7) is 1.98. The van der Waals surface area contributed by atoms with Gasteiger partial charge in [-0.15, -0.1) is 0 Å². The number of carbonyl (C=O) groups excluding carboxylic acids is 1. The lowest BCUT2D eigenvalue weighted by atomic mass is 10.2. The Morgan fingerprint density at radius 1 is 1.06 bits per heavy atom. The first-order chi connectivity index (χ1) is 15.0. The van der Waals surface area contributed by atoms with Crippen LogP contribution in [-0.4, -0.2) is 26.4 Å². The minimum atomic E-state index is -0.321. The average Bonchev–Trinajstić information content (AvgIpc) is 3.39. The zero-order chi connectivity index (χ0) is 21.7. The molecule has 0 saturated carbocycles. The number of fused-ring (bicyclic) bond motifs is 1. The van der Waals surface area contributed by atoms with E-state index in [9.17, 15) is 9.59 Å². The molecule has 0 unspecified atom stereocenters. The number of anilines is 1. The van der Waals surface area contributed by atoms with E-state index in [0.29, 0.717) is 32.1 Å². The number of rotatable bonds is 3. The summed E-state index contributed by atoms with van der Waals surface area (Å²) in [7, 11) is 1.79. The van der Waals surface area contributed by atoms with E-state index in [4.69, 9.17) is 21.7 Å². The Morgan fingerprint density at radius 3 is 2.58 bits per heavy atom. The van der Waals surface area contributed by atoms with Gasteiger partial charge in [-0.3, -0.25) is 19.2 Å². The van der Waals surface area contributed by atoms with Crippen LogP contribution in [0.5, 0.6) is 11.5 Å². The topological polar surface area (TPSA) is 65.7 Å². The molecule has 2 aliphatic heterocycles. The zero-order valence-corrected chi connectivity index (χ0v) is 18.3. The number of para-hydroxylation sites is 1. The van der Waals surface area contributed by atoms with Crippen LogP contribution in [0.1, 0.15) is 11.3 Å². The number of aromatic nitrogens is 2. The number of thioether (sulfide) groups is 1. The van der Waals surface area contributed by atoms with Crippen molar-refractivity contribution in [3.05, 3.63) is 75.0 Å². The summed E-state index contributed by atoms with van der Waals surface area (Å²) in [6, 6.07) is 14.7. The van der Waals surface area contributed by atoms with Crippen LogP contribution in [0.15, 0.2) is 58.2 Å². The number of amides is 1. The summed E-state index contributed by atoms with van der Waals surface area (Å²) in [6.07, 6.45) is 1.75. The first kappa shape index (κ1) is 19.7. The van der Waals surface area contributed by atoms with E-state index in [1.165, 1.54) is 21.3 Å². The Bertz CT molecular complexity index is 1320. The number of thiocarbonyl (C=S) groups is 1. The van der Waals surface area contributed by atoms with Gasteiger partial charge in [0.15, 0.2) is 15.8 Å². The fraction of sp³-hybridized carbons (Fsp3) is 0.136. The number of carbonyl (C=O) groups is 1. The Hall–Kier alpha value is -3.30. The van der Waals surface area contributed by atoms with Crippen molar-refractivity contribution < 1.29 is 14.3 Å². The fourth-order valence-corrected chi connectivity index (χ4v) is 4.90. The van der Waals surface area contributed by atoms with Crippen LogP contribution in [0, 0.1) is 6.92 Å². The van der Waals surface area contributed by atoms with Gasteiger partial charge in [0.2, 0.25) is 6.79 Å². The molecule has 31 heavy (non-hydrogen) atoms. The van der Waals surface area contributed by atoms with Crippen LogP contribution in [0.4, 0.5) is 5.69 Å². The summed E-state index contributed by atoms with van der Waals surface area (Å²) < 4.78 is 14.3. The van der Waals surface area contributed by atoms with Crippen LogP contribution in [0.3, 0.4) is 0 Å². The van der Waals surface area contributed by atoms with Gasteiger partial charge in [0.1, 0.15) is 5.69 Å². The molecule has 0 N–H and O–H groups in total. The summed E-state index contributed by atoms with van der Waals surface area (Å²) >= 11 is 6.66. The number of hydrogen-bond acceptors (Lipinski definition) is 6. The lowest BCUT2D eigenvalue weighted by Gasteiger charge is -2.12. The summed E-state index contributed by atoms with van der Waals surface area (Å²) in [4.78, 5) is 28.3. The Kier molecular flexibility index (Phi) is 4.71. The van der Waals surface area contributed by atoms with Gasteiger partial charge < -0.3 is 9.47 Å². The van der Waals surface area contributed by atoms with Crippen molar-refractivity contribution in [1.82, 2.24) is 9.36 Å². The van der Waals surface area contributed by atoms with Crippen molar-refractivity contribution in [3.63, 3.8) is 0 Å². The average molecular weight is 452 g/mol. The minimum Gasteiger partial charge on any atom is -0.454 e. The molecule has 5 rings (SSSR count). The standard InChI is InChI=1S/C22H17N3O4S2/c1-13-19(21(27)25(23(13)2)15-6-4-3-5-7-15)24-20(26)18(31-22(24)30)11-14-8-9-16-17(10-14)29-12-28-16/h3-11H,12H2,1-2H3/b18-11-. The predicted octanol–water partition coefficient (Wildman–Crippen LogP) is 3.62. The molecule has 2 aliphatic rings. The maximum absolute atomic E-state index is 13.3. The molecular weight excluding hydrogens is 434 g/mol. The van der Waals surface area contributed by atoms with E-state index in [-0.39, 0.29) is 23.9 Å². The second-order valence-corrected chi connectivity index (χ2v) is 8.72. The maximum atomic E-state index is 13.3. The Balaban J connectivity index is 1.54. The smallest absolute Gasteiger partial charge is 0.296 e. The van der Waals surface area contributed by atoms with Crippen molar-refractivity contribution >= 4 is 46.0 Å². The fourth-order valence-electron chi connectivity index (χ4n) is 3.63. The SMILES string of the molecule is Cc1c(N2C(=O)/C(=C/c3ccc4c(c3)OCO4)SC2=S)c(=O)n(-c2ccccc2)n1C. The molecule has 9 heteroatoms. The highest BCUT2D eigenvalue weighted by Crippen LogP contribution is 2.38. The third-order valence-corrected chi connectivity index (χ3v) is 6.54. The molecule has 0 spiro atoms. The number of benzene rings is 2. The Morgan fingerprint density at radius 2 is 1.81 bits per heavy atom. The molecule has 7 nitrogen and oxygen atoms in total. The molecule has 3 aromatic rings. The lowest BCUT2D eigenvalue weighted by molar-refractivity contribution is -0.113. The highest BCUT2D eigenvalue weighted by molar-refractivity contribution is 8.27. The summed E-state index contributed by atoms with van der Waals surface area (Å²) in [5.74, 6) is 0.985. The van der Waals surface area contributed by atoms with E-state index in [2.05, 4.69) is 0 Å². The van der Waals surface area contributed by atoms with Crippen molar-refractivity contribution in [1.29, 1.82) is 0 Å². The van der Waals surface area contributed by atoms with E-state index >= 15 is 0 Å². The van der Waals surface area contributed by atoms with Crippen molar-refractivity contribution in [2.45, 2.75) is 6.92 Å². The first-order valence-electron chi connectivity index (χ1n) is 9.47. The molecule has 0 radical (unpaired) electrons. The number of hydrogen-bond donors (Lipinski definition) is 0. The van der Waals surface area contributed by atoms with Crippen LogP contribution in [-0.2, 0) is 11.8 Å². The van der Waals surface area contributed by atoms with Crippen LogP contribution in [0.2, 0.25) is 0 Å². The second-order valence-electron chi connectivity index (χ2n) is 7.04.